The number of hydrogen-bond donors (Lipinski definition) is 6. The van der Waals surface area contributed by atoms with E-state index in [2.05, 4.69) is 16.0 Å². The van der Waals surface area contributed by atoms with E-state index < -0.39 is 53.3 Å². The van der Waals surface area contributed by atoms with Gasteiger partial charge in [-0.05, 0) is 31.7 Å². The van der Waals surface area contributed by atoms with Gasteiger partial charge in [-0.3, -0.25) is 19.2 Å². The van der Waals surface area contributed by atoms with Gasteiger partial charge in [-0.25, -0.2) is 4.79 Å². The number of carbonyl (C=O) groups is 5. The van der Waals surface area contributed by atoms with Crippen LogP contribution in [0.25, 0.3) is 0 Å². The van der Waals surface area contributed by atoms with Crippen LogP contribution in [0.4, 0.5) is 0 Å². The van der Waals surface area contributed by atoms with Crippen molar-refractivity contribution in [3.05, 3.63) is 35.9 Å². The normalized spacial score (nSPS) is 17.1. The van der Waals surface area contributed by atoms with Crippen LogP contribution in [-0.4, -0.2) is 63.5 Å². The van der Waals surface area contributed by atoms with E-state index >= 15 is 0 Å². The summed E-state index contributed by atoms with van der Waals surface area (Å²) in [6.45, 7) is 1.42. The number of aliphatic carboxylic acids is 2. The third kappa shape index (κ3) is 7.55. The highest BCUT2D eigenvalue weighted by molar-refractivity contribution is 5.96. The van der Waals surface area contributed by atoms with Gasteiger partial charge < -0.3 is 31.9 Å². The van der Waals surface area contributed by atoms with E-state index in [1.807, 2.05) is 0 Å². The van der Waals surface area contributed by atoms with Gasteiger partial charge in [-0.15, -0.1) is 0 Å². The molecular formula is C23H32N4O7. The van der Waals surface area contributed by atoms with Crippen molar-refractivity contribution in [3.63, 3.8) is 0 Å². The van der Waals surface area contributed by atoms with Crippen molar-refractivity contribution in [1.29, 1.82) is 0 Å². The lowest BCUT2D eigenvalue weighted by Crippen LogP contribution is -2.63. The van der Waals surface area contributed by atoms with E-state index in [9.17, 15) is 29.1 Å². The zero-order valence-electron chi connectivity index (χ0n) is 19.1. The molecule has 0 aromatic heterocycles. The lowest BCUT2D eigenvalue weighted by atomic mass is 9.94. The number of hydrogen-bond acceptors (Lipinski definition) is 6. The summed E-state index contributed by atoms with van der Waals surface area (Å²) in [5.41, 5.74) is 4.91. The SMILES string of the molecule is C[C@H](N)C(=O)NC(CCC(=O)O)C(=O)NC1(C(=O)N[C@@H](Cc2ccccc2)C(=O)O)CCCC1. The first kappa shape index (κ1) is 26.8. The summed E-state index contributed by atoms with van der Waals surface area (Å²) in [7, 11) is 0. The van der Waals surface area contributed by atoms with Crippen LogP contribution < -0.4 is 21.7 Å². The van der Waals surface area contributed by atoms with Crippen LogP contribution in [0.2, 0.25) is 0 Å². The van der Waals surface area contributed by atoms with E-state index in [0.29, 0.717) is 12.8 Å². The Morgan fingerprint density at radius 1 is 0.971 bits per heavy atom. The number of amides is 3. The second kappa shape index (κ2) is 12.1. The molecule has 0 aliphatic heterocycles. The molecule has 1 aromatic carbocycles. The summed E-state index contributed by atoms with van der Waals surface area (Å²) in [6, 6.07) is 5.51. The Balaban J connectivity index is 2.17. The molecule has 34 heavy (non-hydrogen) atoms. The summed E-state index contributed by atoms with van der Waals surface area (Å²) in [4.78, 5) is 61.1. The zero-order valence-corrected chi connectivity index (χ0v) is 19.1. The van der Waals surface area contributed by atoms with Crippen LogP contribution in [0, 0.1) is 0 Å². The molecule has 0 heterocycles. The third-order valence-corrected chi connectivity index (χ3v) is 5.83. The Morgan fingerprint density at radius 3 is 2.12 bits per heavy atom. The molecule has 1 aliphatic carbocycles. The molecule has 186 valence electrons. The highest BCUT2D eigenvalue weighted by Crippen LogP contribution is 2.30. The number of benzene rings is 1. The molecule has 1 saturated carbocycles. The first-order valence-electron chi connectivity index (χ1n) is 11.2. The van der Waals surface area contributed by atoms with Gasteiger partial charge in [-0.2, -0.15) is 0 Å². The Bertz CT molecular complexity index is 898. The topological polar surface area (TPSA) is 188 Å². The average Bonchev–Trinajstić information content (AvgIpc) is 3.26. The molecule has 7 N–H and O–H groups in total. The summed E-state index contributed by atoms with van der Waals surface area (Å²) in [5.74, 6) is -4.34. The molecule has 11 nitrogen and oxygen atoms in total. The predicted octanol–water partition coefficient (Wildman–Crippen LogP) is -0.0757. The third-order valence-electron chi connectivity index (χ3n) is 5.83. The molecule has 0 saturated heterocycles. The second-order valence-corrected chi connectivity index (χ2v) is 8.61. The highest BCUT2D eigenvalue weighted by atomic mass is 16.4. The fourth-order valence-corrected chi connectivity index (χ4v) is 3.90. The van der Waals surface area contributed by atoms with Crippen LogP contribution in [0.1, 0.15) is 51.0 Å². The van der Waals surface area contributed by atoms with E-state index in [0.717, 1.165) is 5.56 Å². The predicted molar refractivity (Wildman–Crippen MR) is 122 cm³/mol. The minimum absolute atomic E-state index is 0.0671. The Kier molecular flexibility index (Phi) is 9.55. The van der Waals surface area contributed by atoms with Crippen LogP contribution in [-0.2, 0) is 30.4 Å². The minimum atomic E-state index is -1.36. The largest absolute Gasteiger partial charge is 0.481 e. The van der Waals surface area contributed by atoms with Gasteiger partial charge >= 0.3 is 11.9 Å². The standard InChI is InChI=1S/C23H32N4O7/c1-14(24)19(30)25-16(9-10-18(28)29)20(31)27-23(11-5-6-12-23)22(34)26-17(21(32)33)13-15-7-3-2-4-8-15/h2-4,7-8,14,16-17H,5-6,9-13,24H2,1H3,(H,25,30)(H,26,34)(H,27,31)(H,28,29)(H,32,33)/t14-,16?,17-/m0/s1. The van der Waals surface area contributed by atoms with Crippen molar-refractivity contribution in [2.75, 3.05) is 0 Å². The van der Waals surface area contributed by atoms with Gasteiger partial charge in [0.2, 0.25) is 17.7 Å². The van der Waals surface area contributed by atoms with Crippen LogP contribution in [0.5, 0.6) is 0 Å². The molecule has 0 spiro atoms. The fourth-order valence-electron chi connectivity index (χ4n) is 3.90. The minimum Gasteiger partial charge on any atom is -0.481 e. The molecule has 3 amide bonds. The monoisotopic (exact) mass is 476 g/mol. The maximum atomic E-state index is 13.2. The molecule has 3 atom stereocenters. The van der Waals surface area contributed by atoms with Crippen LogP contribution >= 0.6 is 0 Å². The molecule has 1 aliphatic rings. The molecule has 1 fully saturated rings. The van der Waals surface area contributed by atoms with E-state index in [-0.39, 0.29) is 32.1 Å². The first-order valence-corrected chi connectivity index (χ1v) is 11.2. The summed E-state index contributed by atoms with van der Waals surface area (Å²) >= 11 is 0. The fraction of sp³-hybridized carbons (Fsp3) is 0.522. The van der Waals surface area contributed by atoms with E-state index in [4.69, 9.17) is 10.8 Å². The number of nitrogens with two attached hydrogens (primary N) is 1. The summed E-state index contributed by atoms with van der Waals surface area (Å²) in [5, 5.41) is 26.3. The van der Waals surface area contributed by atoms with Crippen molar-refractivity contribution < 1.29 is 34.2 Å². The molecule has 1 aromatic rings. The number of nitrogens with one attached hydrogen (secondary N) is 3. The molecule has 2 rings (SSSR count). The van der Waals surface area contributed by atoms with Gasteiger partial charge in [0.05, 0.1) is 6.04 Å². The molecular weight excluding hydrogens is 444 g/mol. The first-order chi connectivity index (χ1) is 16.0. The maximum Gasteiger partial charge on any atom is 0.326 e. The second-order valence-electron chi connectivity index (χ2n) is 8.61. The number of carboxylic acid groups (broad SMARTS) is 2. The lowest BCUT2D eigenvalue weighted by molar-refractivity contribution is -0.143. The Hall–Kier alpha value is -3.47. The van der Waals surface area contributed by atoms with Crippen LogP contribution in [0.15, 0.2) is 30.3 Å². The lowest BCUT2D eigenvalue weighted by Gasteiger charge is -2.32. The van der Waals surface area contributed by atoms with Crippen LogP contribution in [0.3, 0.4) is 0 Å². The zero-order chi connectivity index (χ0) is 25.3. The Labute approximate surface area is 197 Å². The molecule has 11 heteroatoms. The van der Waals surface area contributed by atoms with Gasteiger partial charge in [0.1, 0.15) is 17.6 Å². The van der Waals surface area contributed by atoms with E-state index in [1.165, 1.54) is 6.92 Å². The molecule has 0 radical (unpaired) electrons. The van der Waals surface area contributed by atoms with Gasteiger partial charge in [0, 0.05) is 12.8 Å². The highest BCUT2D eigenvalue weighted by Gasteiger charge is 2.44. The van der Waals surface area contributed by atoms with Gasteiger partial charge in [0.15, 0.2) is 0 Å². The molecule has 0 bridgehead atoms. The van der Waals surface area contributed by atoms with Crippen molar-refractivity contribution >= 4 is 29.7 Å². The van der Waals surface area contributed by atoms with E-state index in [1.54, 1.807) is 30.3 Å². The summed E-state index contributed by atoms with van der Waals surface area (Å²) in [6.07, 6.45) is 1.34. The van der Waals surface area contributed by atoms with Crippen molar-refractivity contribution in [2.45, 2.75) is 75.5 Å². The maximum absolute atomic E-state index is 13.2. The number of rotatable bonds is 12. The molecule has 1 unspecified atom stereocenters. The van der Waals surface area contributed by atoms with Crippen molar-refractivity contribution in [3.8, 4) is 0 Å². The van der Waals surface area contributed by atoms with Gasteiger partial charge in [0.25, 0.3) is 0 Å². The quantitative estimate of drug-likeness (QED) is 0.242. The number of carbonyl (C=O) groups excluding carboxylic acids is 3. The number of carboxylic acids is 2. The van der Waals surface area contributed by atoms with Crippen molar-refractivity contribution in [2.24, 2.45) is 5.73 Å². The van der Waals surface area contributed by atoms with Crippen molar-refractivity contribution in [1.82, 2.24) is 16.0 Å². The summed E-state index contributed by atoms with van der Waals surface area (Å²) < 4.78 is 0. The van der Waals surface area contributed by atoms with Gasteiger partial charge in [-0.1, -0.05) is 43.2 Å². The average molecular weight is 477 g/mol. The Morgan fingerprint density at radius 2 is 1.59 bits per heavy atom. The smallest absolute Gasteiger partial charge is 0.326 e.